The molecular weight excluding hydrogens is 242 g/mol. The Morgan fingerprint density at radius 3 is 2.36 bits per heavy atom. The molecule has 0 aromatic heterocycles. The molecule has 0 bridgehead atoms. The van der Waals surface area contributed by atoms with Crippen molar-refractivity contribution in [3.63, 3.8) is 0 Å². The third kappa shape index (κ3) is 3.24. The highest BCUT2D eigenvalue weighted by atomic mass is 79.9. The first-order chi connectivity index (χ1) is 6.63. The van der Waals surface area contributed by atoms with Gasteiger partial charge in [-0.05, 0) is 38.2 Å². The van der Waals surface area contributed by atoms with Gasteiger partial charge in [-0.15, -0.1) is 0 Å². The van der Waals surface area contributed by atoms with Gasteiger partial charge in [0.25, 0.3) is 0 Å². The lowest BCUT2D eigenvalue weighted by Gasteiger charge is -2.18. The van der Waals surface area contributed by atoms with Crippen molar-refractivity contribution < 1.29 is 4.79 Å². The summed E-state index contributed by atoms with van der Waals surface area (Å²) in [7, 11) is 3.83. The van der Waals surface area contributed by atoms with Crippen molar-refractivity contribution in [1.82, 2.24) is 4.90 Å². The summed E-state index contributed by atoms with van der Waals surface area (Å²) in [5.41, 5.74) is 1.18. The van der Waals surface area contributed by atoms with Crippen molar-refractivity contribution in [2.75, 3.05) is 14.1 Å². The Morgan fingerprint density at radius 2 is 1.93 bits per heavy atom. The van der Waals surface area contributed by atoms with E-state index in [9.17, 15) is 4.79 Å². The van der Waals surface area contributed by atoms with Crippen LogP contribution in [0.15, 0.2) is 28.7 Å². The second kappa shape index (κ2) is 5.27. The largest absolute Gasteiger partial charge is 0.302 e. The molecule has 0 N–H and O–H groups in total. The van der Waals surface area contributed by atoms with Gasteiger partial charge in [0.05, 0.1) is 6.04 Å². The number of rotatable bonds is 4. The lowest BCUT2D eigenvalue weighted by molar-refractivity contribution is -0.111. The molecule has 14 heavy (non-hydrogen) atoms. The number of carbonyl (C=O) groups is 1. The van der Waals surface area contributed by atoms with E-state index in [1.807, 2.05) is 43.3 Å². The van der Waals surface area contributed by atoms with Crippen molar-refractivity contribution in [3.05, 3.63) is 34.3 Å². The maximum atomic E-state index is 10.8. The number of hydrogen-bond donors (Lipinski definition) is 0. The fraction of sp³-hybridized carbons (Fsp3) is 0.364. The van der Waals surface area contributed by atoms with E-state index >= 15 is 0 Å². The van der Waals surface area contributed by atoms with Crippen LogP contribution in [0.25, 0.3) is 0 Å². The van der Waals surface area contributed by atoms with Gasteiger partial charge in [0.1, 0.15) is 6.29 Å². The Hall–Kier alpha value is -0.670. The zero-order chi connectivity index (χ0) is 10.6. The van der Waals surface area contributed by atoms with Gasteiger partial charge < -0.3 is 4.79 Å². The Kier molecular flexibility index (Phi) is 4.29. The maximum Gasteiger partial charge on any atom is 0.137 e. The fourth-order valence-electron chi connectivity index (χ4n) is 1.21. The van der Waals surface area contributed by atoms with E-state index in [1.165, 1.54) is 5.56 Å². The van der Waals surface area contributed by atoms with E-state index in [2.05, 4.69) is 15.9 Å². The number of nitrogens with zero attached hydrogens (tertiary/aromatic N) is 1. The van der Waals surface area contributed by atoms with Gasteiger partial charge >= 0.3 is 0 Å². The summed E-state index contributed by atoms with van der Waals surface area (Å²) in [4.78, 5) is 12.7. The molecule has 0 aliphatic heterocycles. The van der Waals surface area contributed by atoms with Gasteiger partial charge in [-0.1, -0.05) is 28.1 Å². The summed E-state index contributed by atoms with van der Waals surface area (Å²) in [6.07, 6.45) is 1.76. The smallest absolute Gasteiger partial charge is 0.137 e. The third-order valence-corrected chi connectivity index (χ3v) is 2.71. The van der Waals surface area contributed by atoms with Crippen LogP contribution in [-0.2, 0) is 11.2 Å². The second-order valence-corrected chi connectivity index (χ2v) is 4.41. The van der Waals surface area contributed by atoms with Crippen LogP contribution in [0.1, 0.15) is 5.56 Å². The van der Waals surface area contributed by atoms with Crippen molar-refractivity contribution in [3.8, 4) is 0 Å². The lowest BCUT2D eigenvalue weighted by Crippen LogP contribution is -2.31. The highest BCUT2D eigenvalue weighted by Gasteiger charge is 2.09. The minimum Gasteiger partial charge on any atom is -0.302 e. The van der Waals surface area contributed by atoms with Gasteiger partial charge in [-0.2, -0.15) is 0 Å². The van der Waals surface area contributed by atoms with E-state index in [1.54, 1.807) is 0 Å². The third-order valence-electron chi connectivity index (χ3n) is 2.18. The van der Waals surface area contributed by atoms with Crippen molar-refractivity contribution in [2.24, 2.45) is 0 Å². The van der Waals surface area contributed by atoms with Crippen molar-refractivity contribution in [1.29, 1.82) is 0 Å². The molecule has 0 fully saturated rings. The van der Waals surface area contributed by atoms with E-state index in [0.717, 1.165) is 17.2 Å². The van der Waals surface area contributed by atoms with E-state index in [4.69, 9.17) is 0 Å². The fourth-order valence-corrected chi connectivity index (χ4v) is 1.48. The van der Waals surface area contributed by atoms with E-state index in [0.29, 0.717) is 0 Å². The molecule has 1 aromatic carbocycles. The number of benzene rings is 1. The molecule has 76 valence electrons. The number of carbonyl (C=O) groups excluding carboxylic acids is 1. The first kappa shape index (κ1) is 11.4. The molecule has 0 radical (unpaired) electrons. The summed E-state index contributed by atoms with van der Waals surface area (Å²) >= 11 is 3.38. The minimum absolute atomic E-state index is 0.0313. The summed E-state index contributed by atoms with van der Waals surface area (Å²) in [6, 6.07) is 8.02. The molecule has 0 amide bonds. The van der Waals surface area contributed by atoms with E-state index < -0.39 is 0 Å². The molecule has 0 heterocycles. The SMILES string of the molecule is CN(C)C(C=O)Cc1ccc(Br)cc1. The van der Waals surface area contributed by atoms with Crippen LogP contribution in [0, 0.1) is 0 Å². The highest BCUT2D eigenvalue weighted by molar-refractivity contribution is 9.10. The Morgan fingerprint density at radius 1 is 1.36 bits per heavy atom. The molecule has 1 rings (SSSR count). The first-order valence-electron chi connectivity index (χ1n) is 4.49. The molecule has 0 saturated heterocycles. The van der Waals surface area contributed by atoms with Gasteiger partial charge in [0, 0.05) is 4.47 Å². The summed E-state index contributed by atoms with van der Waals surface area (Å²) in [6.45, 7) is 0. The molecule has 0 spiro atoms. The molecule has 1 unspecified atom stereocenters. The highest BCUT2D eigenvalue weighted by Crippen LogP contribution is 2.12. The Balaban J connectivity index is 2.67. The van der Waals surface area contributed by atoms with Crippen LogP contribution >= 0.6 is 15.9 Å². The predicted molar refractivity (Wildman–Crippen MR) is 61.4 cm³/mol. The maximum absolute atomic E-state index is 10.8. The summed E-state index contributed by atoms with van der Waals surface area (Å²) < 4.78 is 1.06. The van der Waals surface area contributed by atoms with Gasteiger partial charge in [0.2, 0.25) is 0 Å². The quantitative estimate of drug-likeness (QED) is 0.769. The van der Waals surface area contributed by atoms with Gasteiger partial charge in [-0.25, -0.2) is 0 Å². The molecule has 1 aromatic rings. The standard InChI is InChI=1S/C11H14BrNO/c1-13(2)11(8-14)7-9-3-5-10(12)6-4-9/h3-6,8,11H,7H2,1-2H3. The Labute approximate surface area is 93.0 Å². The number of likely N-dealkylation sites (N-methyl/N-ethyl adjacent to an activating group) is 1. The van der Waals surface area contributed by atoms with Crippen LogP contribution in [0.3, 0.4) is 0 Å². The lowest BCUT2D eigenvalue weighted by atomic mass is 10.1. The van der Waals surface area contributed by atoms with Crippen LogP contribution in [0.4, 0.5) is 0 Å². The number of halogens is 1. The molecule has 3 heteroatoms. The average Bonchev–Trinajstić information content (AvgIpc) is 2.16. The predicted octanol–water partition coefficient (Wildman–Crippen LogP) is 2.12. The van der Waals surface area contributed by atoms with Crippen molar-refractivity contribution in [2.45, 2.75) is 12.5 Å². The Bertz CT molecular complexity index is 295. The second-order valence-electron chi connectivity index (χ2n) is 3.50. The first-order valence-corrected chi connectivity index (χ1v) is 5.29. The number of aldehydes is 1. The van der Waals surface area contributed by atoms with Crippen LogP contribution in [-0.4, -0.2) is 31.3 Å². The van der Waals surface area contributed by atoms with Crippen LogP contribution in [0.2, 0.25) is 0 Å². The summed E-state index contributed by atoms with van der Waals surface area (Å²) in [5, 5.41) is 0. The monoisotopic (exact) mass is 255 g/mol. The zero-order valence-electron chi connectivity index (χ0n) is 8.40. The summed E-state index contributed by atoms with van der Waals surface area (Å²) in [5.74, 6) is 0. The number of hydrogen-bond acceptors (Lipinski definition) is 2. The molecular formula is C11H14BrNO. The molecule has 0 saturated carbocycles. The van der Waals surface area contributed by atoms with Crippen molar-refractivity contribution >= 4 is 22.2 Å². The van der Waals surface area contributed by atoms with Crippen LogP contribution < -0.4 is 0 Å². The average molecular weight is 256 g/mol. The topological polar surface area (TPSA) is 20.3 Å². The van der Waals surface area contributed by atoms with Gasteiger partial charge in [0.15, 0.2) is 0 Å². The molecule has 1 atom stereocenters. The molecule has 0 aliphatic carbocycles. The molecule has 0 aliphatic rings. The van der Waals surface area contributed by atoms with Crippen LogP contribution in [0.5, 0.6) is 0 Å². The molecule has 2 nitrogen and oxygen atoms in total. The normalized spacial score (nSPS) is 12.9. The minimum atomic E-state index is -0.0313. The zero-order valence-corrected chi connectivity index (χ0v) is 9.99. The van der Waals surface area contributed by atoms with Gasteiger partial charge in [-0.3, -0.25) is 4.90 Å². The van der Waals surface area contributed by atoms with E-state index in [-0.39, 0.29) is 6.04 Å².